The molecule has 0 aromatic heterocycles. The molecule has 1 fully saturated rings. The zero-order chi connectivity index (χ0) is 21.9. The third-order valence-corrected chi connectivity index (χ3v) is 7.22. The fraction of sp³-hybridized carbons (Fsp3) is 0.381. The first kappa shape index (κ1) is 22.2. The summed E-state index contributed by atoms with van der Waals surface area (Å²) in [5.41, 5.74) is 0.781. The number of rotatable bonds is 6. The Labute approximate surface area is 174 Å². The van der Waals surface area contributed by atoms with Gasteiger partial charge in [-0.1, -0.05) is 12.1 Å². The van der Waals surface area contributed by atoms with Crippen molar-refractivity contribution in [1.29, 1.82) is 0 Å². The Morgan fingerprint density at radius 3 is 2.30 bits per heavy atom. The van der Waals surface area contributed by atoms with Crippen molar-refractivity contribution in [2.75, 3.05) is 20.2 Å². The Morgan fingerprint density at radius 2 is 1.70 bits per heavy atom. The number of hydrogen-bond acceptors (Lipinski definition) is 4. The number of nitrogens with one attached hydrogen (secondary N) is 1. The van der Waals surface area contributed by atoms with E-state index in [1.807, 2.05) is 0 Å². The second-order valence-corrected chi connectivity index (χ2v) is 9.16. The molecule has 0 aliphatic carbocycles. The molecule has 1 saturated heterocycles. The van der Waals surface area contributed by atoms with Gasteiger partial charge in [-0.25, -0.2) is 17.2 Å². The predicted octanol–water partition coefficient (Wildman–Crippen LogP) is 3.25. The molecule has 1 atom stereocenters. The molecule has 1 aliphatic heterocycles. The zero-order valence-electron chi connectivity index (χ0n) is 16.8. The number of nitrogens with zero attached hydrogens (tertiary/aromatic N) is 1. The van der Waals surface area contributed by atoms with Gasteiger partial charge in [-0.3, -0.25) is 4.79 Å². The van der Waals surface area contributed by atoms with E-state index in [0.29, 0.717) is 12.8 Å². The summed E-state index contributed by atoms with van der Waals surface area (Å²) in [7, 11) is -2.62. The number of methoxy groups -OCH3 is 1. The summed E-state index contributed by atoms with van der Waals surface area (Å²) in [4.78, 5) is 12.4. The molecule has 162 valence electrons. The molecule has 0 spiro atoms. The molecule has 1 heterocycles. The molecule has 1 amide bonds. The van der Waals surface area contributed by atoms with Crippen LogP contribution in [0.3, 0.4) is 0 Å². The molecule has 1 aliphatic rings. The average Bonchev–Trinajstić information content (AvgIpc) is 2.74. The van der Waals surface area contributed by atoms with Crippen molar-refractivity contribution in [1.82, 2.24) is 9.62 Å². The van der Waals surface area contributed by atoms with E-state index in [4.69, 9.17) is 4.74 Å². The monoisotopic (exact) mass is 438 g/mol. The highest BCUT2D eigenvalue weighted by atomic mass is 32.2. The van der Waals surface area contributed by atoms with Crippen molar-refractivity contribution in [3.63, 3.8) is 0 Å². The topological polar surface area (TPSA) is 75.7 Å². The lowest BCUT2D eigenvalue weighted by Gasteiger charge is -2.31. The van der Waals surface area contributed by atoms with Gasteiger partial charge in [0, 0.05) is 19.0 Å². The van der Waals surface area contributed by atoms with Crippen LogP contribution >= 0.6 is 0 Å². The van der Waals surface area contributed by atoms with Crippen LogP contribution in [0.4, 0.5) is 8.78 Å². The van der Waals surface area contributed by atoms with Crippen LogP contribution < -0.4 is 10.1 Å². The van der Waals surface area contributed by atoms with E-state index in [9.17, 15) is 22.0 Å². The molecule has 3 rings (SSSR count). The number of benzene rings is 2. The van der Waals surface area contributed by atoms with E-state index in [2.05, 4.69) is 5.32 Å². The second kappa shape index (κ2) is 9.09. The lowest BCUT2D eigenvalue weighted by Crippen LogP contribution is -2.43. The summed E-state index contributed by atoms with van der Waals surface area (Å²) >= 11 is 0. The molecule has 2 aromatic rings. The third kappa shape index (κ3) is 4.79. The molecule has 0 saturated carbocycles. The summed E-state index contributed by atoms with van der Waals surface area (Å²) < 4.78 is 58.9. The van der Waals surface area contributed by atoms with Crippen molar-refractivity contribution in [2.45, 2.75) is 30.7 Å². The zero-order valence-corrected chi connectivity index (χ0v) is 17.6. The first-order chi connectivity index (χ1) is 14.2. The van der Waals surface area contributed by atoms with Crippen LogP contribution in [-0.4, -0.2) is 38.8 Å². The molecular weight excluding hydrogens is 414 g/mol. The Morgan fingerprint density at radius 1 is 1.10 bits per heavy atom. The second-order valence-electron chi connectivity index (χ2n) is 7.26. The van der Waals surface area contributed by atoms with Gasteiger partial charge in [0.2, 0.25) is 15.9 Å². The molecule has 0 unspecified atom stereocenters. The van der Waals surface area contributed by atoms with Gasteiger partial charge in [0.05, 0.1) is 13.2 Å². The summed E-state index contributed by atoms with van der Waals surface area (Å²) in [5.74, 6) is -1.45. The van der Waals surface area contributed by atoms with E-state index in [0.717, 1.165) is 17.7 Å². The fourth-order valence-corrected chi connectivity index (χ4v) is 5.15. The number of piperidine rings is 1. The lowest BCUT2D eigenvalue weighted by molar-refractivity contribution is -0.126. The number of carbonyl (C=O) groups is 1. The minimum absolute atomic E-state index is 0.0735. The maximum atomic E-state index is 13.6. The van der Waals surface area contributed by atoms with Crippen LogP contribution in [0.2, 0.25) is 0 Å². The number of hydrogen-bond donors (Lipinski definition) is 1. The molecular formula is C21H24F2N2O4S. The van der Waals surface area contributed by atoms with Crippen LogP contribution in [0, 0.1) is 17.6 Å². The average molecular weight is 438 g/mol. The first-order valence-electron chi connectivity index (χ1n) is 9.62. The minimum atomic E-state index is -3.95. The number of ether oxygens (including phenoxy) is 1. The lowest BCUT2D eigenvalue weighted by atomic mass is 9.96. The van der Waals surface area contributed by atoms with Gasteiger partial charge in [0.15, 0.2) is 0 Å². The first-order valence-corrected chi connectivity index (χ1v) is 11.1. The molecule has 30 heavy (non-hydrogen) atoms. The van der Waals surface area contributed by atoms with Gasteiger partial charge in [-0.2, -0.15) is 4.31 Å². The highest BCUT2D eigenvalue weighted by Gasteiger charge is 2.34. The van der Waals surface area contributed by atoms with E-state index in [1.165, 1.54) is 29.6 Å². The standard InChI is InChI=1S/C21H24F2N2O4S/c1-14(15-3-5-17(22)6-4-15)24-21(26)16-9-11-25(12-10-16)30(27,28)20-13-18(23)7-8-19(20)29-2/h3-8,13-14,16H,9-12H2,1-2H3,(H,24,26)/t14-/m1/s1. The van der Waals surface area contributed by atoms with Gasteiger partial charge < -0.3 is 10.1 Å². The SMILES string of the molecule is COc1ccc(F)cc1S(=O)(=O)N1CCC(C(=O)N[C@H](C)c2ccc(F)cc2)CC1. The smallest absolute Gasteiger partial charge is 0.246 e. The van der Waals surface area contributed by atoms with Gasteiger partial charge >= 0.3 is 0 Å². The normalized spacial score (nSPS) is 16.8. The van der Waals surface area contributed by atoms with E-state index < -0.39 is 15.8 Å². The van der Waals surface area contributed by atoms with Crippen molar-refractivity contribution in [3.8, 4) is 5.75 Å². The third-order valence-electron chi connectivity index (χ3n) is 5.30. The number of carbonyl (C=O) groups excluding carboxylic acids is 1. The van der Waals surface area contributed by atoms with Crippen LogP contribution in [0.5, 0.6) is 5.75 Å². The van der Waals surface area contributed by atoms with Crippen LogP contribution in [0.15, 0.2) is 47.4 Å². The predicted molar refractivity (Wildman–Crippen MR) is 107 cm³/mol. The van der Waals surface area contributed by atoms with Crippen LogP contribution in [0.1, 0.15) is 31.4 Å². The molecule has 6 nitrogen and oxygen atoms in total. The molecule has 1 N–H and O–H groups in total. The van der Waals surface area contributed by atoms with Crippen LogP contribution in [0.25, 0.3) is 0 Å². The summed E-state index contributed by atoms with van der Waals surface area (Å²) in [5, 5.41) is 2.90. The minimum Gasteiger partial charge on any atom is -0.495 e. The summed E-state index contributed by atoms with van der Waals surface area (Å²) in [6.07, 6.45) is 0.692. The number of sulfonamides is 1. The summed E-state index contributed by atoms with van der Waals surface area (Å²) in [6.45, 7) is 2.09. The highest BCUT2D eigenvalue weighted by molar-refractivity contribution is 7.89. The summed E-state index contributed by atoms with van der Waals surface area (Å²) in [6, 6.07) is 8.96. The molecule has 0 bridgehead atoms. The van der Waals surface area contributed by atoms with Crippen molar-refractivity contribution in [3.05, 3.63) is 59.7 Å². The Balaban J connectivity index is 1.63. The molecule has 2 aromatic carbocycles. The molecule has 9 heteroatoms. The number of halogens is 2. The Kier molecular flexibility index (Phi) is 6.72. The van der Waals surface area contributed by atoms with Crippen molar-refractivity contribution < 1.29 is 26.7 Å². The molecule has 0 radical (unpaired) electrons. The Hall–Kier alpha value is -2.52. The van der Waals surface area contributed by atoms with E-state index in [1.54, 1.807) is 19.1 Å². The van der Waals surface area contributed by atoms with Gasteiger partial charge in [0.1, 0.15) is 22.3 Å². The van der Waals surface area contributed by atoms with Crippen molar-refractivity contribution >= 4 is 15.9 Å². The van der Waals surface area contributed by atoms with Gasteiger partial charge in [-0.15, -0.1) is 0 Å². The van der Waals surface area contributed by atoms with Crippen molar-refractivity contribution in [2.24, 2.45) is 5.92 Å². The highest BCUT2D eigenvalue weighted by Crippen LogP contribution is 2.30. The quantitative estimate of drug-likeness (QED) is 0.751. The maximum absolute atomic E-state index is 13.6. The van der Waals surface area contributed by atoms with E-state index >= 15 is 0 Å². The number of amides is 1. The van der Waals surface area contributed by atoms with E-state index in [-0.39, 0.29) is 47.4 Å². The maximum Gasteiger partial charge on any atom is 0.246 e. The van der Waals surface area contributed by atoms with Gasteiger partial charge in [0.25, 0.3) is 0 Å². The van der Waals surface area contributed by atoms with Crippen LogP contribution in [-0.2, 0) is 14.8 Å². The Bertz CT molecular complexity index is 1000. The largest absolute Gasteiger partial charge is 0.495 e. The van der Waals surface area contributed by atoms with Gasteiger partial charge in [-0.05, 0) is 55.7 Å². The fourth-order valence-electron chi connectivity index (χ4n) is 3.52.